The number of anilines is 1. The highest BCUT2D eigenvalue weighted by Crippen LogP contribution is 2.37. The van der Waals surface area contributed by atoms with Crippen LogP contribution in [0, 0.1) is 5.92 Å². The number of hydrogen-bond acceptors (Lipinski definition) is 6. The lowest BCUT2D eigenvalue weighted by Crippen LogP contribution is -2.42. The van der Waals surface area contributed by atoms with Gasteiger partial charge < -0.3 is 14.4 Å². The number of halogens is 2. The number of benzene rings is 1. The highest BCUT2D eigenvalue weighted by Gasteiger charge is 2.25. The van der Waals surface area contributed by atoms with Gasteiger partial charge in [-0.25, -0.2) is 13.5 Å². The zero-order valence-electron chi connectivity index (χ0n) is 18.5. The van der Waals surface area contributed by atoms with Gasteiger partial charge in [-0.2, -0.15) is 13.1 Å². The molecule has 0 spiro atoms. The molecule has 32 heavy (non-hydrogen) atoms. The number of ether oxygens (including phenoxy) is 2. The Morgan fingerprint density at radius 1 is 1.16 bits per heavy atom. The van der Waals surface area contributed by atoms with E-state index >= 15 is 0 Å². The SMILES string of the molecule is COc1cc2nccc(N3CCC(CCNS(=O)(=O)NCC(C)(F)F)CC3)c2cc1OC. The van der Waals surface area contributed by atoms with Crippen molar-refractivity contribution in [1.82, 2.24) is 14.4 Å². The first-order valence-corrected chi connectivity index (χ1v) is 12.0. The topological polar surface area (TPSA) is 92.8 Å². The molecule has 0 aliphatic carbocycles. The first-order chi connectivity index (χ1) is 15.1. The van der Waals surface area contributed by atoms with Gasteiger partial charge in [0.25, 0.3) is 16.1 Å². The van der Waals surface area contributed by atoms with Crippen LogP contribution in [-0.2, 0) is 10.2 Å². The van der Waals surface area contributed by atoms with E-state index in [9.17, 15) is 17.2 Å². The third-order valence-electron chi connectivity index (χ3n) is 5.60. The molecule has 1 fully saturated rings. The number of nitrogens with one attached hydrogen (secondary N) is 2. The molecule has 0 radical (unpaired) electrons. The minimum Gasteiger partial charge on any atom is -0.493 e. The fourth-order valence-electron chi connectivity index (χ4n) is 3.87. The maximum absolute atomic E-state index is 12.8. The Labute approximate surface area is 187 Å². The molecule has 8 nitrogen and oxygen atoms in total. The second-order valence-electron chi connectivity index (χ2n) is 8.06. The van der Waals surface area contributed by atoms with E-state index in [0.29, 0.717) is 30.8 Å². The van der Waals surface area contributed by atoms with Gasteiger partial charge in [0.1, 0.15) is 0 Å². The monoisotopic (exact) mass is 472 g/mol. The van der Waals surface area contributed by atoms with Gasteiger partial charge in [0.15, 0.2) is 11.5 Å². The van der Waals surface area contributed by atoms with Gasteiger partial charge in [0, 0.05) is 49.9 Å². The molecule has 0 amide bonds. The maximum atomic E-state index is 12.8. The summed E-state index contributed by atoms with van der Waals surface area (Å²) in [4.78, 5) is 6.74. The lowest BCUT2D eigenvalue weighted by atomic mass is 9.93. The summed E-state index contributed by atoms with van der Waals surface area (Å²) in [7, 11) is -0.735. The molecule has 11 heteroatoms. The lowest BCUT2D eigenvalue weighted by molar-refractivity contribution is 0.0280. The Morgan fingerprint density at radius 2 is 1.81 bits per heavy atom. The predicted octanol–water partition coefficient (Wildman–Crippen LogP) is 2.94. The van der Waals surface area contributed by atoms with Crippen LogP contribution in [0.2, 0.25) is 0 Å². The van der Waals surface area contributed by atoms with Gasteiger partial charge in [-0.15, -0.1) is 0 Å². The van der Waals surface area contributed by atoms with Crippen LogP contribution in [-0.4, -0.2) is 59.7 Å². The normalized spacial score (nSPS) is 15.8. The molecular weight excluding hydrogens is 442 g/mol. The Balaban J connectivity index is 1.56. The fourth-order valence-corrected chi connectivity index (χ4v) is 4.80. The summed E-state index contributed by atoms with van der Waals surface area (Å²) in [6.07, 6.45) is 4.23. The average molecular weight is 473 g/mol. The van der Waals surface area contributed by atoms with Crippen molar-refractivity contribution in [2.45, 2.75) is 32.1 Å². The number of piperidine rings is 1. The van der Waals surface area contributed by atoms with Crippen molar-refractivity contribution in [2.24, 2.45) is 5.92 Å². The van der Waals surface area contributed by atoms with E-state index in [1.165, 1.54) is 0 Å². The quantitative estimate of drug-likeness (QED) is 0.552. The Bertz CT molecular complexity index is 1020. The summed E-state index contributed by atoms with van der Waals surface area (Å²) in [5, 5.41) is 0.982. The third kappa shape index (κ3) is 6.39. The molecule has 1 aromatic carbocycles. The minimum absolute atomic E-state index is 0.213. The maximum Gasteiger partial charge on any atom is 0.277 e. The number of fused-ring (bicyclic) bond motifs is 1. The van der Waals surface area contributed by atoms with Crippen LogP contribution in [0.3, 0.4) is 0 Å². The summed E-state index contributed by atoms with van der Waals surface area (Å²) < 4.78 is 64.3. The van der Waals surface area contributed by atoms with Crippen molar-refractivity contribution < 1.29 is 26.7 Å². The van der Waals surface area contributed by atoms with Crippen molar-refractivity contribution >= 4 is 26.8 Å². The van der Waals surface area contributed by atoms with E-state index < -0.39 is 22.7 Å². The van der Waals surface area contributed by atoms with Crippen molar-refractivity contribution in [3.8, 4) is 11.5 Å². The van der Waals surface area contributed by atoms with Crippen LogP contribution in [0.15, 0.2) is 24.4 Å². The molecule has 1 aliphatic rings. The van der Waals surface area contributed by atoms with Crippen LogP contribution in [0.4, 0.5) is 14.5 Å². The van der Waals surface area contributed by atoms with Crippen molar-refractivity contribution in [3.05, 3.63) is 24.4 Å². The van der Waals surface area contributed by atoms with Crippen LogP contribution >= 0.6 is 0 Å². The van der Waals surface area contributed by atoms with E-state index in [1.54, 1.807) is 20.4 Å². The number of hydrogen-bond donors (Lipinski definition) is 2. The second kappa shape index (κ2) is 10.1. The summed E-state index contributed by atoms with van der Waals surface area (Å²) in [5.74, 6) is -1.47. The average Bonchev–Trinajstić information content (AvgIpc) is 2.76. The number of methoxy groups -OCH3 is 2. The summed E-state index contributed by atoms with van der Waals surface area (Å²) in [6.45, 7) is 1.61. The Kier molecular flexibility index (Phi) is 7.73. The number of pyridine rings is 1. The molecule has 0 atom stereocenters. The van der Waals surface area contributed by atoms with Crippen molar-refractivity contribution in [3.63, 3.8) is 0 Å². The van der Waals surface area contributed by atoms with E-state index in [4.69, 9.17) is 9.47 Å². The van der Waals surface area contributed by atoms with Gasteiger partial charge in [-0.1, -0.05) is 0 Å². The molecule has 178 valence electrons. The molecule has 2 heterocycles. The smallest absolute Gasteiger partial charge is 0.277 e. The number of nitrogens with zero attached hydrogens (tertiary/aromatic N) is 2. The summed E-state index contributed by atoms with van der Waals surface area (Å²) in [6, 6.07) is 5.78. The minimum atomic E-state index is -3.93. The van der Waals surface area contributed by atoms with E-state index in [1.807, 2.05) is 22.9 Å². The molecular formula is C21H30F2N4O4S. The van der Waals surface area contributed by atoms with Crippen molar-refractivity contribution in [1.29, 1.82) is 0 Å². The first-order valence-electron chi connectivity index (χ1n) is 10.5. The van der Waals surface area contributed by atoms with Crippen LogP contribution in [0.1, 0.15) is 26.2 Å². The highest BCUT2D eigenvalue weighted by molar-refractivity contribution is 7.87. The molecule has 1 saturated heterocycles. The van der Waals surface area contributed by atoms with Gasteiger partial charge in [-0.3, -0.25) is 4.98 Å². The molecule has 2 aromatic rings. The largest absolute Gasteiger partial charge is 0.493 e. The zero-order chi connectivity index (χ0) is 23.4. The van der Waals surface area contributed by atoms with Gasteiger partial charge in [0.2, 0.25) is 0 Å². The Hall–Kier alpha value is -2.24. The van der Waals surface area contributed by atoms with Crippen molar-refractivity contribution in [2.75, 3.05) is 45.3 Å². The second-order valence-corrected chi connectivity index (χ2v) is 9.65. The van der Waals surface area contributed by atoms with Gasteiger partial charge in [0.05, 0.1) is 26.3 Å². The zero-order valence-corrected chi connectivity index (χ0v) is 19.3. The van der Waals surface area contributed by atoms with Gasteiger partial charge in [-0.05, 0) is 37.3 Å². The molecule has 1 aromatic heterocycles. The highest BCUT2D eigenvalue weighted by atomic mass is 32.2. The number of rotatable bonds is 10. The molecule has 0 bridgehead atoms. The fraction of sp³-hybridized carbons (Fsp3) is 0.571. The third-order valence-corrected chi connectivity index (χ3v) is 6.70. The molecule has 3 rings (SSSR count). The van der Waals surface area contributed by atoms with Gasteiger partial charge >= 0.3 is 0 Å². The predicted molar refractivity (Wildman–Crippen MR) is 120 cm³/mol. The van der Waals surface area contributed by atoms with Crippen LogP contribution < -0.4 is 23.8 Å². The van der Waals surface area contributed by atoms with E-state index in [2.05, 4.69) is 14.6 Å². The van der Waals surface area contributed by atoms with E-state index in [-0.39, 0.29) is 6.54 Å². The van der Waals surface area contributed by atoms with Crippen LogP contribution in [0.25, 0.3) is 10.9 Å². The van der Waals surface area contributed by atoms with Crippen LogP contribution in [0.5, 0.6) is 11.5 Å². The summed E-state index contributed by atoms with van der Waals surface area (Å²) in [5.41, 5.74) is 1.89. The number of alkyl halides is 2. The number of aromatic nitrogens is 1. The Morgan fingerprint density at radius 3 is 2.44 bits per heavy atom. The first kappa shape index (κ1) is 24.4. The van der Waals surface area contributed by atoms with E-state index in [0.717, 1.165) is 42.5 Å². The standard InChI is InChI=1S/C21H30F2N4O4S/c1-21(22,23)14-26-32(28,29)25-9-4-15-6-10-27(11-7-15)18-5-8-24-17-13-20(31-3)19(30-2)12-16(17)18/h5,8,12-13,15,25-26H,4,6-7,9-11,14H2,1-3H3. The molecule has 0 unspecified atom stereocenters. The molecule has 2 N–H and O–H groups in total. The molecule has 0 saturated carbocycles. The lowest BCUT2D eigenvalue weighted by Gasteiger charge is -2.34. The summed E-state index contributed by atoms with van der Waals surface area (Å²) >= 11 is 0. The molecule has 1 aliphatic heterocycles.